The van der Waals surface area contributed by atoms with E-state index in [2.05, 4.69) is 10.00 Å². The molecular formula is C14H22F3N3O. The van der Waals surface area contributed by atoms with Gasteiger partial charge < -0.3 is 5.11 Å². The minimum absolute atomic E-state index is 0.229. The molecule has 0 amide bonds. The molecule has 0 bridgehead atoms. The number of likely N-dealkylation sites (tertiary alicyclic amines) is 1. The summed E-state index contributed by atoms with van der Waals surface area (Å²) in [6, 6.07) is 1.65. The third-order valence-corrected chi connectivity index (χ3v) is 3.90. The first kappa shape index (κ1) is 16.3. The van der Waals surface area contributed by atoms with Crippen LogP contribution < -0.4 is 0 Å². The lowest BCUT2D eigenvalue weighted by atomic mass is 9.98. The van der Waals surface area contributed by atoms with Crippen LogP contribution in [0.15, 0.2) is 12.3 Å². The highest BCUT2D eigenvalue weighted by atomic mass is 19.4. The van der Waals surface area contributed by atoms with Gasteiger partial charge in [0.05, 0.1) is 5.69 Å². The van der Waals surface area contributed by atoms with Crippen LogP contribution in [-0.4, -0.2) is 45.7 Å². The van der Waals surface area contributed by atoms with Gasteiger partial charge in [-0.2, -0.15) is 18.3 Å². The van der Waals surface area contributed by atoms with Crippen LogP contribution in [0.25, 0.3) is 0 Å². The second-order valence-electron chi connectivity index (χ2n) is 5.71. The molecule has 2 heterocycles. The van der Waals surface area contributed by atoms with Gasteiger partial charge in [-0.05, 0) is 50.8 Å². The van der Waals surface area contributed by atoms with Crippen molar-refractivity contribution in [1.29, 1.82) is 0 Å². The summed E-state index contributed by atoms with van der Waals surface area (Å²) in [5, 5.41) is 13.0. The fraction of sp³-hybridized carbons (Fsp3) is 0.786. The number of rotatable bonds is 5. The maximum absolute atomic E-state index is 12.3. The first-order valence-corrected chi connectivity index (χ1v) is 7.38. The highest BCUT2D eigenvalue weighted by molar-refractivity contribution is 4.99. The van der Waals surface area contributed by atoms with Crippen LogP contribution in [-0.2, 0) is 13.1 Å². The number of hydrogen-bond acceptors (Lipinski definition) is 3. The minimum Gasteiger partial charge on any atom is -0.396 e. The van der Waals surface area contributed by atoms with Gasteiger partial charge in [-0.1, -0.05) is 0 Å². The van der Waals surface area contributed by atoms with E-state index >= 15 is 0 Å². The molecule has 1 aliphatic heterocycles. The van der Waals surface area contributed by atoms with Gasteiger partial charge in [-0.3, -0.25) is 9.58 Å². The number of alkyl halides is 3. The summed E-state index contributed by atoms with van der Waals surface area (Å²) in [5.74, 6) is 0.558. The Labute approximate surface area is 122 Å². The largest absolute Gasteiger partial charge is 0.408 e. The van der Waals surface area contributed by atoms with E-state index in [9.17, 15) is 13.2 Å². The summed E-state index contributed by atoms with van der Waals surface area (Å²) >= 11 is 0. The van der Waals surface area contributed by atoms with Crippen molar-refractivity contribution < 1.29 is 18.3 Å². The molecule has 4 nitrogen and oxygen atoms in total. The molecule has 0 radical (unpaired) electrons. The summed E-state index contributed by atoms with van der Waals surface area (Å²) in [7, 11) is 0. The Morgan fingerprint density at radius 3 is 2.81 bits per heavy atom. The molecule has 0 saturated carbocycles. The number of aliphatic hydroxyl groups excluding tert-OH is 1. The van der Waals surface area contributed by atoms with Gasteiger partial charge in [0.2, 0.25) is 0 Å². The Bertz CT molecular complexity index is 433. The molecule has 1 fully saturated rings. The van der Waals surface area contributed by atoms with Crippen molar-refractivity contribution in [1.82, 2.24) is 14.7 Å². The van der Waals surface area contributed by atoms with E-state index in [1.54, 1.807) is 6.07 Å². The van der Waals surface area contributed by atoms with Gasteiger partial charge in [0.25, 0.3) is 0 Å². The number of nitrogens with zero attached hydrogens (tertiary/aromatic N) is 3. The molecule has 1 unspecified atom stereocenters. The number of aliphatic hydroxyl groups is 1. The van der Waals surface area contributed by atoms with E-state index in [-0.39, 0.29) is 6.61 Å². The molecule has 1 aromatic heterocycles. The van der Waals surface area contributed by atoms with Gasteiger partial charge in [-0.15, -0.1) is 0 Å². The molecule has 0 aliphatic carbocycles. The highest BCUT2D eigenvalue weighted by Gasteiger charge is 2.28. The van der Waals surface area contributed by atoms with Crippen molar-refractivity contribution in [3.8, 4) is 0 Å². The lowest BCUT2D eigenvalue weighted by Gasteiger charge is -2.18. The Kier molecular flexibility index (Phi) is 5.64. The second kappa shape index (κ2) is 7.26. The van der Waals surface area contributed by atoms with Crippen molar-refractivity contribution in [2.24, 2.45) is 5.92 Å². The first-order valence-electron chi connectivity index (χ1n) is 7.38. The van der Waals surface area contributed by atoms with E-state index in [1.807, 2.05) is 0 Å². The Morgan fingerprint density at radius 2 is 2.10 bits per heavy atom. The van der Waals surface area contributed by atoms with Crippen LogP contribution in [0.5, 0.6) is 0 Å². The first-order chi connectivity index (χ1) is 9.96. The van der Waals surface area contributed by atoms with Gasteiger partial charge in [0, 0.05) is 19.3 Å². The van der Waals surface area contributed by atoms with E-state index in [4.69, 9.17) is 5.11 Å². The summed E-state index contributed by atoms with van der Waals surface area (Å²) in [6.07, 6.45) is 1.20. The van der Waals surface area contributed by atoms with Gasteiger partial charge >= 0.3 is 6.18 Å². The Hall–Kier alpha value is -1.08. The predicted molar refractivity (Wildman–Crippen MR) is 72.6 cm³/mol. The van der Waals surface area contributed by atoms with Gasteiger partial charge in [0.1, 0.15) is 6.54 Å². The molecule has 1 saturated heterocycles. The lowest BCUT2D eigenvalue weighted by Crippen LogP contribution is -2.25. The molecule has 0 aromatic carbocycles. The molecule has 120 valence electrons. The molecule has 0 spiro atoms. The van der Waals surface area contributed by atoms with Crippen LogP contribution in [0.2, 0.25) is 0 Å². The van der Waals surface area contributed by atoms with E-state index < -0.39 is 12.7 Å². The Balaban J connectivity index is 1.84. The summed E-state index contributed by atoms with van der Waals surface area (Å²) in [4.78, 5) is 2.23. The normalized spacial score (nSPS) is 21.4. The SMILES string of the molecule is OCCC1CCCN(Cc2ccn(CC(F)(F)F)n2)CC1. The summed E-state index contributed by atoms with van der Waals surface area (Å²) in [5.41, 5.74) is 0.680. The van der Waals surface area contributed by atoms with E-state index in [1.165, 1.54) is 6.20 Å². The highest BCUT2D eigenvalue weighted by Crippen LogP contribution is 2.21. The second-order valence-corrected chi connectivity index (χ2v) is 5.71. The van der Waals surface area contributed by atoms with Crippen LogP contribution >= 0.6 is 0 Å². The monoisotopic (exact) mass is 305 g/mol. The average Bonchev–Trinajstić information content (AvgIpc) is 2.67. The maximum atomic E-state index is 12.3. The summed E-state index contributed by atoms with van der Waals surface area (Å²) < 4.78 is 37.8. The molecule has 1 aromatic rings. The third kappa shape index (κ3) is 5.67. The number of aromatic nitrogens is 2. The fourth-order valence-corrected chi connectivity index (χ4v) is 2.84. The third-order valence-electron chi connectivity index (χ3n) is 3.90. The zero-order valence-electron chi connectivity index (χ0n) is 12.0. The van der Waals surface area contributed by atoms with Crippen LogP contribution in [0.4, 0.5) is 13.2 Å². The molecular weight excluding hydrogens is 283 g/mol. The fourth-order valence-electron chi connectivity index (χ4n) is 2.84. The predicted octanol–water partition coefficient (Wildman–Crippen LogP) is 2.43. The zero-order chi connectivity index (χ0) is 15.3. The van der Waals surface area contributed by atoms with Gasteiger partial charge in [0.15, 0.2) is 0 Å². The Morgan fingerprint density at radius 1 is 1.29 bits per heavy atom. The number of hydrogen-bond donors (Lipinski definition) is 1. The van der Waals surface area contributed by atoms with Crippen molar-refractivity contribution in [2.75, 3.05) is 19.7 Å². The van der Waals surface area contributed by atoms with Crippen molar-refractivity contribution in [2.45, 2.75) is 44.9 Å². The maximum Gasteiger partial charge on any atom is 0.408 e. The zero-order valence-corrected chi connectivity index (χ0v) is 12.0. The standard InChI is InChI=1S/C14H22F3N3O/c15-14(16,17)11-20-8-4-13(18-20)10-19-6-1-2-12(3-7-19)5-9-21/h4,8,12,21H,1-3,5-7,9-11H2. The molecule has 7 heteroatoms. The molecule has 1 N–H and O–H groups in total. The van der Waals surface area contributed by atoms with Crippen molar-refractivity contribution in [3.63, 3.8) is 0 Å². The average molecular weight is 305 g/mol. The van der Waals surface area contributed by atoms with E-state index in [0.717, 1.165) is 43.5 Å². The van der Waals surface area contributed by atoms with Crippen molar-refractivity contribution >= 4 is 0 Å². The smallest absolute Gasteiger partial charge is 0.396 e. The topological polar surface area (TPSA) is 41.3 Å². The van der Waals surface area contributed by atoms with Gasteiger partial charge in [-0.25, -0.2) is 0 Å². The molecule has 21 heavy (non-hydrogen) atoms. The minimum atomic E-state index is -4.23. The molecule has 2 rings (SSSR count). The summed E-state index contributed by atoms with van der Waals surface area (Å²) in [6.45, 7) is 1.64. The quantitative estimate of drug-likeness (QED) is 0.908. The lowest BCUT2D eigenvalue weighted by molar-refractivity contribution is -0.142. The number of halogens is 3. The van der Waals surface area contributed by atoms with E-state index in [0.29, 0.717) is 18.2 Å². The molecule has 1 atom stereocenters. The van der Waals surface area contributed by atoms with Crippen LogP contribution in [0, 0.1) is 5.92 Å². The van der Waals surface area contributed by atoms with Crippen LogP contribution in [0.3, 0.4) is 0 Å². The van der Waals surface area contributed by atoms with Crippen molar-refractivity contribution in [3.05, 3.63) is 18.0 Å². The molecule has 1 aliphatic rings. The van der Waals surface area contributed by atoms with Crippen LogP contribution in [0.1, 0.15) is 31.4 Å².